The summed E-state index contributed by atoms with van der Waals surface area (Å²) in [4.78, 5) is 4.11. The number of hydrogen-bond acceptors (Lipinski definition) is 3. The lowest BCUT2D eigenvalue weighted by Crippen LogP contribution is -2.05. The zero-order chi connectivity index (χ0) is 9.97. The van der Waals surface area contributed by atoms with Crippen LogP contribution in [-0.2, 0) is 0 Å². The van der Waals surface area contributed by atoms with Crippen LogP contribution in [0.2, 0.25) is 0 Å². The van der Waals surface area contributed by atoms with E-state index in [1.807, 2.05) is 28.8 Å². The van der Waals surface area contributed by atoms with Crippen LogP contribution in [-0.4, -0.2) is 26.6 Å². The average Bonchev–Trinajstić information content (AvgIpc) is 2.62. The molecule has 14 heavy (non-hydrogen) atoms. The van der Waals surface area contributed by atoms with Crippen molar-refractivity contribution in [2.45, 2.75) is 0 Å². The minimum atomic E-state index is -1.42. The van der Waals surface area contributed by atoms with Gasteiger partial charge in [-0.2, -0.15) is 0 Å². The summed E-state index contributed by atoms with van der Waals surface area (Å²) < 4.78 is 1.86. The molecule has 70 valence electrons. The first-order chi connectivity index (χ1) is 6.77. The summed E-state index contributed by atoms with van der Waals surface area (Å²) in [6, 6.07) is 5.62. The maximum atomic E-state index is 8.68. The maximum Gasteiger partial charge on any atom is 0.480 e. The normalized spacial score (nSPS) is 11.3. The van der Waals surface area contributed by atoms with E-state index in [1.165, 1.54) is 5.98 Å². The lowest BCUT2D eigenvalue weighted by atomic mass is 9.91. The minimum Gasteiger partial charge on any atom is -0.424 e. The second-order valence-corrected chi connectivity index (χ2v) is 2.88. The fourth-order valence-corrected chi connectivity index (χ4v) is 1.29. The number of fused-ring (bicyclic) bond motifs is 1. The van der Waals surface area contributed by atoms with E-state index in [0.717, 1.165) is 11.3 Å². The van der Waals surface area contributed by atoms with Gasteiger partial charge in [0.2, 0.25) is 0 Å². The van der Waals surface area contributed by atoms with Crippen molar-refractivity contribution in [3.05, 3.63) is 42.3 Å². The topological polar surface area (TPSA) is 57.8 Å². The molecule has 2 N–H and O–H groups in total. The van der Waals surface area contributed by atoms with Crippen molar-refractivity contribution in [1.82, 2.24) is 9.38 Å². The molecule has 0 aromatic carbocycles. The Morgan fingerprint density at radius 3 is 3.00 bits per heavy atom. The molecule has 0 spiro atoms. The fraction of sp³-hybridized carbons (Fsp3) is 0. The molecule has 0 unspecified atom stereocenters. The first kappa shape index (κ1) is 8.99. The van der Waals surface area contributed by atoms with Crippen molar-refractivity contribution >= 4 is 18.8 Å². The molecule has 0 aliphatic heterocycles. The zero-order valence-electron chi connectivity index (χ0n) is 7.41. The van der Waals surface area contributed by atoms with Crippen LogP contribution in [0.25, 0.3) is 11.7 Å². The lowest BCUT2D eigenvalue weighted by molar-refractivity contribution is 0.424. The molecular formula is C9H9BN2O2. The number of hydrogen-bond donors (Lipinski definition) is 2. The van der Waals surface area contributed by atoms with Gasteiger partial charge in [0.05, 0.1) is 0 Å². The van der Waals surface area contributed by atoms with Crippen molar-refractivity contribution in [2.24, 2.45) is 0 Å². The number of nitrogens with zero attached hydrogens (tertiary/aromatic N) is 2. The molecule has 0 saturated carbocycles. The van der Waals surface area contributed by atoms with Gasteiger partial charge in [-0.05, 0) is 18.2 Å². The van der Waals surface area contributed by atoms with Crippen LogP contribution in [0.4, 0.5) is 0 Å². The Hall–Kier alpha value is -1.59. The Morgan fingerprint density at radius 1 is 1.36 bits per heavy atom. The Morgan fingerprint density at radius 2 is 2.21 bits per heavy atom. The highest BCUT2D eigenvalue weighted by atomic mass is 16.4. The molecule has 0 aliphatic carbocycles. The molecule has 0 fully saturated rings. The molecule has 0 aliphatic rings. The van der Waals surface area contributed by atoms with Gasteiger partial charge < -0.3 is 14.4 Å². The van der Waals surface area contributed by atoms with Crippen LogP contribution in [0.15, 0.2) is 36.6 Å². The van der Waals surface area contributed by atoms with Gasteiger partial charge in [-0.3, -0.25) is 0 Å². The monoisotopic (exact) mass is 188 g/mol. The summed E-state index contributed by atoms with van der Waals surface area (Å²) in [6.45, 7) is 0. The van der Waals surface area contributed by atoms with Crippen molar-refractivity contribution in [2.75, 3.05) is 0 Å². The van der Waals surface area contributed by atoms with E-state index in [9.17, 15) is 0 Å². The SMILES string of the molecule is OB(O)/C=C/c1cccc2nccn12. The molecule has 2 heterocycles. The van der Waals surface area contributed by atoms with E-state index < -0.39 is 7.12 Å². The smallest absolute Gasteiger partial charge is 0.424 e. The highest BCUT2D eigenvalue weighted by Gasteiger charge is 2.00. The molecule has 5 heteroatoms. The van der Waals surface area contributed by atoms with E-state index in [0.29, 0.717) is 0 Å². The largest absolute Gasteiger partial charge is 0.480 e. The van der Waals surface area contributed by atoms with Crippen LogP contribution in [0.1, 0.15) is 5.69 Å². The average molecular weight is 188 g/mol. The second kappa shape index (κ2) is 3.65. The number of imidazole rings is 1. The lowest BCUT2D eigenvalue weighted by Gasteiger charge is -1.98. The van der Waals surface area contributed by atoms with Crippen molar-refractivity contribution < 1.29 is 10.0 Å². The van der Waals surface area contributed by atoms with Crippen molar-refractivity contribution in [1.29, 1.82) is 0 Å². The first-order valence-electron chi connectivity index (χ1n) is 4.24. The number of pyridine rings is 1. The molecule has 0 radical (unpaired) electrons. The Kier molecular flexibility index (Phi) is 2.34. The molecule has 0 bridgehead atoms. The highest BCUT2D eigenvalue weighted by Crippen LogP contribution is 2.07. The van der Waals surface area contributed by atoms with E-state index in [1.54, 1.807) is 12.3 Å². The van der Waals surface area contributed by atoms with Crippen molar-refractivity contribution in [3.63, 3.8) is 0 Å². The minimum absolute atomic E-state index is 0.833. The molecule has 2 aromatic heterocycles. The highest BCUT2D eigenvalue weighted by molar-refractivity contribution is 6.48. The quantitative estimate of drug-likeness (QED) is 0.669. The summed E-state index contributed by atoms with van der Waals surface area (Å²) >= 11 is 0. The van der Waals surface area contributed by atoms with Crippen molar-refractivity contribution in [3.8, 4) is 0 Å². The Bertz CT molecular complexity index is 465. The van der Waals surface area contributed by atoms with Crippen LogP contribution < -0.4 is 0 Å². The summed E-state index contributed by atoms with van der Waals surface area (Å²) in [5.74, 6) is 1.30. The molecule has 0 amide bonds. The molecule has 4 nitrogen and oxygen atoms in total. The molecule has 0 saturated heterocycles. The summed E-state index contributed by atoms with van der Waals surface area (Å²) in [7, 11) is -1.42. The predicted molar refractivity (Wildman–Crippen MR) is 54.4 cm³/mol. The Labute approximate surface area is 81.3 Å². The van der Waals surface area contributed by atoms with Gasteiger partial charge in [0, 0.05) is 18.1 Å². The molecule has 2 aromatic rings. The predicted octanol–water partition coefficient (Wildman–Crippen LogP) is 0.359. The molecule has 0 atom stereocenters. The standard InChI is InChI=1S/C9H9BN2O2/c13-10(14)5-4-8-2-1-3-9-11-6-7-12(8)9/h1-7,13-14H/b5-4+. The second-order valence-electron chi connectivity index (χ2n) is 2.88. The number of aromatic nitrogens is 2. The van der Waals surface area contributed by atoms with Gasteiger partial charge in [0.15, 0.2) is 0 Å². The molecular weight excluding hydrogens is 179 g/mol. The van der Waals surface area contributed by atoms with Crippen LogP contribution in [0.5, 0.6) is 0 Å². The third-order valence-electron chi connectivity index (χ3n) is 1.90. The zero-order valence-corrected chi connectivity index (χ0v) is 7.41. The van der Waals surface area contributed by atoms with E-state index in [2.05, 4.69) is 4.98 Å². The van der Waals surface area contributed by atoms with E-state index >= 15 is 0 Å². The summed E-state index contributed by atoms with van der Waals surface area (Å²) in [6.07, 6.45) is 5.15. The molecule has 2 rings (SSSR count). The number of rotatable bonds is 2. The van der Waals surface area contributed by atoms with Gasteiger partial charge >= 0.3 is 7.12 Å². The van der Waals surface area contributed by atoms with Gasteiger partial charge in [0.1, 0.15) is 5.65 Å². The Balaban J connectivity index is 2.46. The maximum absolute atomic E-state index is 8.68. The van der Waals surface area contributed by atoms with Gasteiger partial charge in [0.25, 0.3) is 0 Å². The third-order valence-corrected chi connectivity index (χ3v) is 1.90. The fourth-order valence-electron chi connectivity index (χ4n) is 1.29. The van der Waals surface area contributed by atoms with Gasteiger partial charge in [-0.25, -0.2) is 4.98 Å². The third kappa shape index (κ3) is 1.68. The summed E-state index contributed by atoms with van der Waals surface area (Å²) in [5.41, 5.74) is 1.69. The first-order valence-corrected chi connectivity index (χ1v) is 4.24. The van der Waals surface area contributed by atoms with Gasteiger partial charge in [-0.1, -0.05) is 12.0 Å². The van der Waals surface area contributed by atoms with Crippen LogP contribution >= 0.6 is 0 Å². The van der Waals surface area contributed by atoms with Crippen LogP contribution in [0, 0.1) is 0 Å². The van der Waals surface area contributed by atoms with Crippen LogP contribution in [0.3, 0.4) is 0 Å². The summed E-state index contributed by atoms with van der Waals surface area (Å²) in [5, 5.41) is 17.4. The van der Waals surface area contributed by atoms with Gasteiger partial charge in [-0.15, -0.1) is 0 Å². The van der Waals surface area contributed by atoms with E-state index in [-0.39, 0.29) is 0 Å². The van der Waals surface area contributed by atoms with E-state index in [4.69, 9.17) is 10.0 Å².